The third-order valence-corrected chi connectivity index (χ3v) is 4.34. The highest BCUT2D eigenvalue weighted by molar-refractivity contribution is 5.48. The van der Waals surface area contributed by atoms with Crippen LogP contribution in [0.1, 0.15) is 24.4 Å². The van der Waals surface area contributed by atoms with Gasteiger partial charge < -0.3 is 10.1 Å². The van der Waals surface area contributed by atoms with Gasteiger partial charge in [-0.2, -0.15) is 0 Å². The highest BCUT2D eigenvalue weighted by atomic mass is 16.5. The summed E-state index contributed by atoms with van der Waals surface area (Å²) in [6.07, 6.45) is 2.62. The molecule has 3 heteroatoms. The molecule has 1 atom stereocenters. The zero-order valence-corrected chi connectivity index (χ0v) is 13.2. The fraction of sp³-hybridized carbons (Fsp3) is 0.368. The molecule has 0 radical (unpaired) electrons. The van der Waals surface area contributed by atoms with Crippen molar-refractivity contribution in [2.24, 2.45) is 0 Å². The van der Waals surface area contributed by atoms with E-state index < -0.39 is 0 Å². The maximum Gasteiger partial charge on any atom is 0.120 e. The third kappa shape index (κ3) is 3.60. The number of anilines is 1. The second kappa shape index (κ2) is 7.32. The van der Waals surface area contributed by atoms with Crippen LogP contribution in [-0.2, 0) is 0 Å². The molecule has 1 aliphatic rings. The Morgan fingerprint density at radius 2 is 1.82 bits per heavy atom. The summed E-state index contributed by atoms with van der Waals surface area (Å²) in [6, 6.07) is 19.4. The molecule has 2 aromatic carbocycles. The number of methoxy groups -OCH3 is 1. The van der Waals surface area contributed by atoms with Crippen molar-refractivity contribution in [1.82, 2.24) is 4.90 Å². The van der Waals surface area contributed by atoms with Crippen molar-refractivity contribution in [2.75, 3.05) is 32.1 Å². The summed E-state index contributed by atoms with van der Waals surface area (Å²) in [5.41, 5.74) is 2.50. The lowest BCUT2D eigenvalue weighted by Crippen LogP contribution is -2.31. The predicted molar refractivity (Wildman–Crippen MR) is 91.5 cm³/mol. The lowest BCUT2D eigenvalue weighted by molar-refractivity contribution is 0.256. The molecule has 0 aliphatic carbocycles. The maximum absolute atomic E-state index is 5.30. The molecule has 22 heavy (non-hydrogen) atoms. The largest absolute Gasteiger partial charge is 0.497 e. The average Bonchev–Trinajstić information content (AvgIpc) is 3.10. The van der Waals surface area contributed by atoms with Gasteiger partial charge in [-0.15, -0.1) is 0 Å². The summed E-state index contributed by atoms with van der Waals surface area (Å²) in [4.78, 5) is 2.59. The number of hydrogen-bond donors (Lipinski definition) is 1. The SMILES string of the molecule is COc1cccc(NCC(c2ccccc2)N2CCCC2)c1. The van der Waals surface area contributed by atoms with Crippen molar-refractivity contribution in [3.05, 3.63) is 60.2 Å². The van der Waals surface area contributed by atoms with Crippen molar-refractivity contribution < 1.29 is 4.74 Å². The number of ether oxygens (including phenoxy) is 1. The van der Waals surface area contributed by atoms with E-state index in [1.165, 1.54) is 31.5 Å². The molecule has 1 fully saturated rings. The van der Waals surface area contributed by atoms with E-state index in [0.717, 1.165) is 18.0 Å². The van der Waals surface area contributed by atoms with Gasteiger partial charge in [0.1, 0.15) is 5.75 Å². The van der Waals surface area contributed by atoms with Gasteiger partial charge in [0.25, 0.3) is 0 Å². The van der Waals surface area contributed by atoms with Crippen LogP contribution in [0, 0.1) is 0 Å². The van der Waals surface area contributed by atoms with E-state index >= 15 is 0 Å². The fourth-order valence-electron chi connectivity index (χ4n) is 3.13. The summed E-state index contributed by atoms with van der Waals surface area (Å²) >= 11 is 0. The van der Waals surface area contributed by atoms with E-state index in [1.807, 2.05) is 18.2 Å². The average molecular weight is 296 g/mol. The summed E-state index contributed by atoms with van der Waals surface area (Å²) < 4.78 is 5.30. The minimum atomic E-state index is 0.426. The van der Waals surface area contributed by atoms with E-state index in [1.54, 1.807) is 7.11 Å². The van der Waals surface area contributed by atoms with Gasteiger partial charge in [0.15, 0.2) is 0 Å². The van der Waals surface area contributed by atoms with Crippen LogP contribution in [0.3, 0.4) is 0 Å². The van der Waals surface area contributed by atoms with Gasteiger partial charge in [0, 0.05) is 18.3 Å². The fourth-order valence-corrected chi connectivity index (χ4v) is 3.13. The van der Waals surface area contributed by atoms with Crippen LogP contribution in [0.5, 0.6) is 5.75 Å². The van der Waals surface area contributed by atoms with Crippen molar-refractivity contribution >= 4 is 5.69 Å². The van der Waals surface area contributed by atoms with Crippen molar-refractivity contribution in [3.8, 4) is 5.75 Å². The van der Waals surface area contributed by atoms with Gasteiger partial charge in [-0.3, -0.25) is 4.90 Å². The number of hydrogen-bond acceptors (Lipinski definition) is 3. The number of benzene rings is 2. The van der Waals surface area contributed by atoms with E-state index in [4.69, 9.17) is 4.74 Å². The number of nitrogens with zero attached hydrogens (tertiary/aromatic N) is 1. The second-order valence-corrected chi connectivity index (χ2v) is 5.78. The Labute approximate surface area is 132 Å². The first-order chi connectivity index (χ1) is 10.9. The Hall–Kier alpha value is -2.00. The Balaban J connectivity index is 1.72. The summed E-state index contributed by atoms with van der Waals surface area (Å²) in [6.45, 7) is 3.30. The van der Waals surface area contributed by atoms with Crippen LogP contribution in [-0.4, -0.2) is 31.6 Å². The van der Waals surface area contributed by atoms with Gasteiger partial charge in [-0.05, 0) is 43.6 Å². The van der Waals surface area contributed by atoms with E-state index in [-0.39, 0.29) is 0 Å². The molecule has 1 N–H and O–H groups in total. The molecule has 0 bridgehead atoms. The van der Waals surface area contributed by atoms with Crippen LogP contribution in [0.15, 0.2) is 54.6 Å². The molecule has 1 heterocycles. The lowest BCUT2D eigenvalue weighted by Gasteiger charge is -2.28. The third-order valence-electron chi connectivity index (χ3n) is 4.34. The quantitative estimate of drug-likeness (QED) is 0.873. The highest BCUT2D eigenvalue weighted by Gasteiger charge is 2.23. The minimum absolute atomic E-state index is 0.426. The standard InChI is InChI=1S/C19H24N2O/c1-22-18-11-7-10-17(14-18)20-15-19(21-12-5-6-13-21)16-8-3-2-4-9-16/h2-4,7-11,14,19-20H,5-6,12-13,15H2,1H3. The van der Waals surface area contributed by atoms with Crippen molar-refractivity contribution in [3.63, 3.8) is 0 Å². The van der Waals surface area contributed by atoms with Crippen LogP contribution in [0.2, 0.25) is 0 Å². The predicted octanol–water partition coefficient (Wildman–Crippen LogP) is 3.94. The van der Waals surface area contributed by atoms with Gasteiger partial charge in [0.2, 0.25) is 0 Å². The number of rotatable bonds is 6. The number of likely N-dealkylation sites (tertiary alicyclic amines) is 1. The van der Waals surface area contributed by atoms with Gasteiger partial charge in [-0.1, -0.05) is 36.4 Å². The minimum Gasteiger partial charge on any atom is -0.497 e. The first-order valence-corrected chi connectivity index (χ1v) is 8.04. The smallest absolute Gasteiger partial charge is 0.120 e. The van der Waals surface area contributed by atoms with Crippen molar-refractivity contribution in [2.45, 2.75) is 18.9 Å². The molecule has 116 valence electrons. The maximum atomic E-state index is 5.30. The first-order valence-electron chi connectivity index (χ1n) is 8.04. The van der Waals surface area contributed by atoms with Crippen LogP contribution in [0.4, 0.5) is 5.69 Å². The molecule has 0 aromatic heterocycles. The Bertz CT molecular complexity index is 579. The topological polar surface area (TPSA) is 24.5 Å². The Morgan fingerprint density at radius 3 is 2.55 bits per heavy atom. The molecule has 1 unspecified atom stereocenters. The second-order valence-electron chi connectivity index (χ2n) is 5.78. The zero-order valence-electron chi connectivity index (χ0n) is 13.2. The molecule has 2 aromatic rings. The lowest BCUT2D eigenvalue weighted by atomic mass is 10.1. The molecular formula is C19H24N2O. The molecular weight excluding hydrogens is 272 g/mol. The van der Waals surface area contributed by atoms with Gasteiger partial charge in [-0.25, -0.2) is 0 Å². The molecule has 3 rings (SSSR count). The molecule has 1 saturated heterocycles. The molecule has 3 nitrogen and oxygen atoms in total. The van der Waals surface area contributed by atoms with E-state index in [0.29, 0.717) is 6.04 Å². The van der Waals surface area contributed by atoms with Crippen LogP contribution < -0.4 is 10.1 Å². The van der Waals surface area contributed by atoms with Crippen LogP contribution in [0.25, 0.3) is 0 Å². The van der Waals surface area contributed by atoms with Crippen molar-refractivity contribution in [1.29, 1.82) is 0 Å². The van der Waals surface area contributed by atoms with E-state index in [9.17, 15) is 0 Å². The van der Waals surface area contributed by atoms with Gasteiger partial charge >= 0.3 is 0 Å². The molecule has 0 spiro atoms. The summed E-state index contributed by atoms with van der Waals surface area (Å²) in [5, 5.41) is 3.57. The normalized spacial score (nSPS) is 16.4. The molecule has 0 saturated carbocycles. The summed E-state index contributed by atoms with van der Waals surface area (Å²) in [5.74, 6) is 0.891. The highest BCUT2D eigenvalue weighted by Crippen LogP contribution is 2.26. The summed E-state index contributed by atoms with van der Waals surface area (Å²) in [7, 11) is 1.70. The molecule has 0 amide bonds. The Morgan fingerprint density at radius 1 is 1.05 bits per heavy atom. The number of nitrogens with one attached hydrogen (secondary N) is 1. The first kappa shape index (κ1) is 14.9. The monoisotopic (exact) mass is 296 g/mol. The van der Waals surface area contributed by atoms with E-state index in [2.05, 4.69) is 46.6 Å². The Kier molecular flexibility index (Phi) is 4.96. The zero-order chi connectivity index (χ0) is 15.2. The van der Waals surface area contributed by atoms with Crippen LogP contribution >= 0.6 is 0 Å². The molecule has 1 aliphatic heterocycles. The van der Waals surface area contributed by atoms with Gasteiger partial charge in [0.05, 0.1) is 13.2 Å².